The van der Waals surface area contributed by atoms with Crippen LogP contribution in [0, 0.1) is 5.92 Å². The summed E-state index contributed by atoms with van der Waals surface area (Å²) < 4.78 is 9.90. The van der Waals surface area contributed by atoms with Crippen LogP contribution in [0.5, 0.6) is 0 Å². The molecule has 5 nitrogen and oxygen atoms in total. The summed E-state index contributed by atoms with van der Waals surface area (Å²) in [6.45, 7) is 4.44. The summed E-state index contributed by atoms with van der Waals surface area (Å²) in [6.07, 6.45) is 0. The first-order valence-electron chi connectivity index (χ1n) is 5.14. The minimum absolute atomic E-state index is 0.0617. The molecule has 0 saturated heterocycles. The number of ether oxygens (including phenoxy) is 2. The molecule has 0 aliphatic heterocycles. The number of carbonyl (C=O) groups is 1. The molecule has 1 amide bonds. The third kappa shape index (κ3) is 5.71. The van der Waals surface area contributed by atoms with Crippen molar-refractivity contribution < 1.29 is 14.3 Å². The van der Waals surface area contributed by atoms with Crippen molar-refractivity contribution in [2.45, 2.75) is 6.92 Å². The minimum Gasteiger partial charge on any atom is -0.383 e. The van der Waals surface area contributed by atoms with Gasteiger partial charge in [-0.2, -0.15) is 0 Å². The lowest BCUT2D eigenvalue weighted by Gasteiger charge is -2.24. The first-order valence-corrected chi connectivity index (χ1v) is 5.14. The van der Waals surface area contributed by atoms with E-state index in [0.29, 0.717) is 32.8 Å². The van der Waals surface area contributed by atoms with Crippen molar-refractivity contribution in [3.8, 4) is 0 Å². The molecule has 90 valence electrons. The van der Waals surface area contributed by atoms with Crippen molar-refractivity contribution in [1.29, 1.82) is 0 Å². The molecule has 0 aliphatic carbocycles. The standard InChI is InChI=1S/C10H22N2O3/c1-9(8-11)10(13)12(4-6-14-2)5-7-15-3/h9H,4-8,11H2,1-3H3. The highest BCUT2D eigenvalue weighted by atomic mass is 16.5. The molecule has 15 heavy (non-hydrogen) atoms. The Bertz CT molecular complexity index is 168. The predicted octanol–water partition coefficient (Wildman–Crippen LogP) is -0.297. The van der Waals surface area contributed by atoms with Crippen LogP contribution in [0.3, 0.4) is 0 Å². The quantitative estimate of drug-likeness (QED) is 0.607. The number of carbonyl (C=O) groups excluding carboxylic acids is 1. The number of amides is 1. The van der Waals surface area contributed by atoms with Crippen LogP contribution in [0.25, 0.3) is 0 Å². The summed E-state index contributed by atoms with van der Waals surface area (Å²) in [5, 5.41) is 0. The summed E-state index contributed by atoms with van der Waals surface area (Å²) in [6, 6.07) is 0. The van der Waals surface area contributed by atoms with Crippen LogP contribution in [0.2, 0.25) is 0 Å². The van der Waals surface area contributed by atoms with E-state index in [2.05, 4.69) is 0 Å². The van der Waals surface area contributed by atoms with Gasteiger partial charge >= 0.3 is 0 Å². The smallest absolute Gasteiger partial charge is 0.226 e. The van der Waals surface area contributed by atoms with Gasteiger partial charge in [-0.25, -0.2) is 0 Å². The normalized spacial score (nSPS) is 12.5. The Kier molecular flexibility index (Phi) is 8.27. The Hall–Kier alpha value is -0.650. The molecule has 0 spiro atoms. The van der Waals surface area contributed by atoms with Crippen LogP contribution in [0.4, 0.5) is 0 Å². The molecule has 0 aromatic heterocycles. The highest BCUT2D eigenvalue weighted by Gasteiger charge is 2.18. The van der Waals surface area contributed by atoms with E-state index in [0.717, 1.165) is 0 Å². The second-order valence-electron chi connectivity index (χ2n) is 3.45. The fraction of sp³-hybridized carbons (Fsp3) is 0.900. The van der Waals surface area contributed by atoms with Crippen molar-refractivity contribution in [3.05, 3.63) is 0 Å². The van der Waals surface area contributed by atoms with Crippen LogP contribution in [0.1, 0.15) is 6.92 Å². The van der Waals surface area contributed by atoms with Crippen molar-refractivity contribution >= 4 is 5.91 Å². The monoisotopic (exact) mass is 218 g/mol. The molecule has 0 bridgehead atoms. The Labute approximate surface area is 91.5 Å². The number of nitrogens with zero attached hydrogens (tertiary/aromatic N) is 1. The first-order chi connectivity index (χ1) is 7.17. The van der Waals surface area contributed by atoms with E-state index in [1.165, 1.54) is 0 Å². The van der Waals surface area contributed by atoms with Gasteiger partial charge in [-0.3, -0.25) is 4.79 Å². The molecule has 0 heterocycles. The summed E-state index contributed by atoms with van der Waals surface area (Å²) in [4.78, 5) is 13.5. The minimum atomic E-state index is -0.140. The van der Waals surface area contributed by atoms with Crippen LogP contribution < -0.4 is 5.73 Å². The van der Waals surface area contributed by atoms with Gasteiger partial charge in [0.05, 0.1) is 13.2 Å². The van der Waals surface area contributed by atoms with Gasteiger partial charge in [-0.15, -0.1) is 0 Å². The molecule has 0 radical (unpaired) electrons. The van der Waals surface area contributed by atoms with Crippen LogP contribution in [-0.4, -0.2) is 57.9 Å². The van der Waals surface area contributed by atoms with Crippen LogP contribution in [0.15, 0.2) is 0 Å². The fourth-order valence-electron chi connectivity index (χ4n) is 1.15. The average Bonchev–Trinajstić information content (AvgIpc) is 2.27. The van der Waals surface area contributed by atoms with Gasteiger partial charge in [-0.05, 0) is 0 Å². The van der Waals surface area contributed by atoms with Crippen LogP contribution in [-0.2, 0) is 14.3 Å². The zero-order valence-electron chi connectivity index (χ0n) is 9.86. The van der Waals surface area contributed by atoms with Gasteiger partial charge in [0, 0.05) is 39.8 Å². The summed E-state index contributed by atoms with van der Waals surface area (Å²) in [5.74, 6) is -0.0784. The third-order valence-electron chi connectivity index (χ3n) is 2.22. The topological polar surface area (TPSA) is 64.8 Å². The van der Waals surface area contributed by atoms with E-state index in [9.17, 15) is 4.79 Å². The van der Waals surface area contributed by atoms with E-state index < -0.39 is 0 Å². The second kappa shape index (κ2) is 8.64. The van der Waals surface area contributed by atoms with E-state index in [4.69, 9.17) is 15.2 Å². The highest BCUT2D eigenvalue weighted by molar-refractivity contribution is 5.78. The Morgan fingerprint density at radius 2 is 1.73 bits per heavy atom. The largest absolute Gasteiger partial charge is 0.383 e. The molecule has 0 fully saturated rings. The molecule has 0 aliphatic rings. The van der Waals surface area contributed by atoms with Gasteiger partial charge in [0.25, 0.3) is 0 Å². The molecule has 0 aromatic rings. The lowest BCUT2D eigenvalue weighted by molar-refractivity contribution is -0.136. The van der Waals surface area contributed by atoms with Crippen molar-refractivity contribution in [2.24, 2.45) is 11.7 Å². The Morgan fingerprint density at radius 1 is 1.27 bits per heavy atom. The van der Waals surface area contributed by atoms with E-state index in [1.807, 2.05) is 6.92 Å². The maximum absolute atomic E-state index is 11.8. The SMILES string of the molecule is COCCN(CCOC)C(=O)C(C)CN. The fourth-order valence-corrected chi connectivity index (χ4v) is 1.15. The van der Waals surface area contributed by atoms with Crippen molar-refractivity contribution in [3.63, 3.8) is 0 Å². The number of hydrogen-bond donors (Lipinski definition) is 1. The highest BCUT2D eigenvalue weighted by Crippen LogP contribution is 2.01. The van der Waals surface area contributed by atoms with Crippen molar-refractivity contribution in [1.82, 2.24) is 4.90 Å². The summed E-state index contributed by atoms with van der Waals surface area (Å²) >= 11 is 0. The van der Waals surface area contributed by atoms with Gasteiger partial charge in [0.2, 0.25) is 5.91 Å². The molecular weight excluding hydrogens is 196 g/mol. The molecule has 2 N–H and O–H groups in total. The van der Waals surface area contributed by atoms with Gasteiger partial charge in [0.1, 0.15) is 0 Å². The number of rotatable bonds is 8. The molecule has 1 atom stereocenters. The van der Waals surface area contributed by atoms with Crippen molar-refractivity contribution in [2.75, 3.05) is 47.1 Å². The summed E-state index contributed by atoms with van der Waals surface area (Å²) in [5.41, 5.74) is 5.46. The zero-order valence-corrected chi connectivity index (χ0v) is 9.86. The van der Waals surface area contributed by atoms with Gasteiger partial charge < -0.3 is 20.1 Å². The molecule has 1 unspecified atom stereocenters. The number of methoxy groups -OCH3 is 2. The maximum atomic E-state index is 11.8. The number of nitrogens with two attached hydrogens (primary N) is 1. The predicted molar refractivity (Wildman–Crippen MR) is 58.6 cm³/mol. The lowest BCUT2D eigenvalue weighted by Crippen LogP contribution is -2.41. The van der Waals surface area contributed by atoms with Crippen LogP contribution >= 0.6 is 0 Å². The lowest BCUT2D eigenvalue weighted by atomic mass is 10.1. The Morgan fingerprint density at radius 3 is 2.07 bits per heavy atom. The third-order valence-corrected chi connectivity index (χ3v) is 2.22. The molecular formula is C10H22N2O3. The second-order valence-corrected chi connectivity index (χ2v) is 3.45. The van der Waals surface area contributed by atoms with E-state index in [-0.39, 0.29) is 11.8 Å². The molecule has 0 saturated carbocycles. The maximum Gasteiger partial charge on any atom is 0.226 e. The van der Waals surface area contributed by atoms with Gasteiger partial charge in [0.15, 0.2) is 0 Å². The molecule has 5 heteroatoms. The number of hydrogen-bond acceptors (Lipinski definition) is 4. The summed E-state index contributed by atoms with van der Waals surface area (Å²) in [7, 11) is 3.23. The van der Waals surface area contributed by atoms with E-state index >= 15 is 0 Å². The first kappa shape index (κ1) is 14.3. The molecule has 0 rings (SSSR count). The average molecular weight is 218 g/mol. The van der Waals surface area contributed by atoms with E-state index in [1.54, 1.807) is 19.1 Å². The molecule has 0 aromatic carbocycles. The zero-order chi connectivity index (χ0) is 11.7. The van der Waals surface area contributed by atoms with Gasteiger partial charge in [-0.1, -0.05) is 6.92 Å². The Balaban J connectivity index is 4.13.